The van der Waals surface area contributed by atoms with Crippen LogP contribution in [0.1, 0.15) is 42.5 Å². The third kappa shape index (κ3) is 2.13. The number of hydrogen-bond acceptors (Lipinski definition) is 4. The molecular weight excluding hydrogens is 198 g/mol. The predicted molar refractivity (Wildman–Crippen MR) is 55.5 cm³/mol. The van der Waals surface area contributed by atoms with E-state index in [4.69, 9.17) is 4.74 Å². The van der Waals surface area contributed by atoms with Gasteiger partial charge in [0.25, 0.3) is 0 Å². The first-order chi connectivity index (χ1) is 6.77. The lowest BCUT2D eigenvalue weighted by atomic mass is 10.0. The molecule has 0 radical (unpaired) electrons. The van der Waals surface area contributed by atoms with Crippen molar-refractivity contribution in [1.82, 2.24) is 4.98 Å². The number of rotatable bonds is 2. The molecule has 3 nitrogen and oxygen atoms in total. The van der Waals surface area contributed by atoms with Crippen molar-refractivity contribution in [1.29, 1.82) is 0 Å². The van der Waals surface area contributed by atoms with E-state index in [0.717, 1.165) is 36.8 Å². The largest absolute Gasteiger partial charge is 0.387 e. The number of aliphatic hydroxyl groups excluding tert-OH is 1. The molecule has 0 bridgehead atoms. The van der Waals surface area contributed by atoms with Gasteiger partial charge in [0.15, 0.2) is 0 Å². The Morgan fingerprint density at radius 3 is 3.14 bits per heavy atom. The van der Waals surface area contributed by atoms with Gasteiger partial charge in [0.05, 0.1) is 23.4 Å². The van der Waals surface area contributed by atoms with Gasteiger partial charge in [0, 0.05) is 17.9 Å². The van der Waals surface area contributed by atoms with Crippen LogP contribution in [0.25, 0.3) is 0 Å². The van der Waals surface area contributed by atoms with Crippen molar-refractivity contribution in [2.75, 3.05) is 13.2 Å². The third-order valence-corrected chi connectivity index (χ3v) is 3.50. The molecule has 0 spiro atoms. The van der Waals surface area contributed by atoms with Crippen molar-refractivity contribution in [3.63, 3.8) is 0 Å². The van der Waals surface area contributed by atoms with Crippen molar-refractivity contribution < 1.29 is 9.84 Å². The normalized spacial score (nSPS) is 24.9. The van der Waals surface area contributed by atoms with E-state index in [1.165, 1.54) is 0 Å². The highest BCUT2D eigenvalue weighted by atomic mass is 32.1. The molecule has 1 fully saturated rings. The Labute approximate surface area is 87.7 Å². The number of thiazole rings is 1. The van der Waals surface area contributed by atoms with Crippen LogP contribution in [0, 0.1) is 0 Å². The zero-order valence-electron chi connectivity index (χ0n) is 8.27. The van der Waals surface area contributed by atoms with Gasteiger partial charge in [-0.05, 0) is 19.8 Å². The summed E-state index contributed by atoms with van der Waals surface area (Å²) in [7, 11) is 0. The molecule has 0 saturated carbocycles. The van der Waals surface area contributed by atoms with Crippen LogP contribution in [0.2, 0.25) is 0 Å². The van der Waals surface area contributed by atoms with Crippen LogP contribution in [-0.2, 0) is 4.74 Å². The quantitative estimate of drug-likeness (QED) is 0.818. The second-order valence-corrected chi connectivity index (χ2v) is 4.59. The Bertz CT molecular complexity index is 292. The summed E-state index contributed by atoms with van der Waals surface area (Å²) >= 11 is 1.63. The third-order valence-electron chi connectivity index (χ3n) is 2.48. The number of nitrogens with zero attached hydrogens (tertiary/aromatic N) is 1. The van der Waals surface area contributed by atoms with E-state index in [2.05, 4.69) is 4.98 Å². The second-order valence-electron chi connectivity index (χ2n) is 3.70. The van der Waals surface area contributed by atoms with Crippen LogP contribution in [0.3, 0.4) is 0 Å². The van der Waals surface area contributed by atoms with E-state index < -0.39 is 6.10 Å². The first-order valence-electron chi connectivity index (χ1n) is 4.98. The maximum atomic E-state index is 9.35. The molecule has 2 heterocycles. The van der Waals surface area contributed by atoms with E-state index in [1.807, 2.05) is 5.38 Å². The van der Waals surface area contributed by atoms with E-state index >= 15 is 0 Å². The van der Waals surface area contributed by atoms with Crippen LogP contribution in [-0.4, -0.2) is 23.3 Å². The Morgan fingerprint density at radius 1 is 1.71 bits per heavy atom. The fourth-order valence-corrected chi connectivity index (χ4v) is 2.64. The summed E-state index contributed by atoms with van der Waals surface area (Å²) in [4.78, 5) is 4.42. The average molecular weight is 213 g/mol. The van der Waals surface area contributed by atoms with Crippen molar-refractivity contribution >= 4 is 11.3 Å². The monoisotopic (exact) mass is 213 g/mol. The molecule has 0 amide bonds. The highest BCUT2D eigenvalue weighted by molar-refractivity contribution is 7.09. The van der Waals surface area contributed by atoms with E-state index in [9.17, 15) is 5.11 Å². The molecule has 1 aliphatic rings. The van der Waals surface area contributed by atoms with Crippen molar-refractivity contribution in [3.8, 4) is 0 Å². The fraction of sp³-hybridized carbons (Fsp3) is 0.700. The summed E-state index contributed by atoms with van der Waals surface area (Å²) in [5.74, 6) is 0.446. The van der Waals surface area contributed by atoms with Crippen LogP contribution < -0.4 is 0 Å². The molecule has 4 heteroatoms. The summed E-state index contributed by atoms with van der Waals surface area (Å²) < 4.78 is 5.41. The smallest absolute Gasteiger partial charge is 0.0983 e. The number of aliphatic hydroxyl groups is 1. The first kappa shape index (κ1) is 10.1. The van der Waals surface area contributed by atoms with E-state index in [0.29, 0.717) is 5.92 Å². The zero-order valence-corrected chi connectivity index (χ0v) is 9.09. The zero-order chi connectivity index (χ0) is 9.97. The van der Waals surface area contributed by atoms with Gasteiger partial charge >= 0.3 is 0 Å². The summed E-state index contributed by atoms with van der Waals surface area (Å²) in [6, 6.07) is 0. The van der Waals surface area contributed by atoms with Gasteiger partial charge in [-0.3, -0.25) is 0 Å². The molecule has 2 rings (SSSR count). The van der Waals surface area contributed by atoms with Crippen LogP contribution in [0.4, 0.5) is 0 Å². The summed E-state index contributed by atoms with van der Waals surface area (Å²) in [5.41, 5.74) is 0.788. The molecule has 1 N–H and O–H groups in total. The molecule has 1 saturated heterocycles. The molecule has 0 aliphatic carbocycles. The minimum atomic E-state index is -0.454. The van der Waals surface area contributed by atoms with Gasteiger partial charge in [-0.15, -0.1) is 11.3 Å². The van der Waals surface area contributed by atoms with Crippen LogP contribution in [0.15, 0.2) is 5.38 Å². The van der Waals surface area contributed by atoms with Crippen molar-refractivity contribution in [2.45, 2.75) is 31.8 Å². The molecule has 1 aromatic rings. The molecule has 2 unspecified atom stereocenters. The molecule has 2 atom stereocenters. The summed E-state index contributed by atoms with van der Waals surface area (Å²) in [5, 5.41) is 12.4. The number of aromatic nitrogens is 1. The molecule has 14 heavy (non-hydrogen) atoms. The van der Waals surface area contributed by atoms with Crippen molar-refractivity contribution in [3.05, 3.63) is 16.1 Å². The number of ether oxygens (including phenoxy) is 1. The lowest BCUT2D eigenvalue weighted by molar-refractivity contribution is 0.0802. The minimum Gasteiger partial charge on any atom is -0.387 e. The fourth-order valence-electron chi connectivity index (χ4n) is 1.62. The Kier molecular flexibility index (Phi) is 3.15. The Morgan fingerprint density at radius 2 is 2.57 bits per heavy atom. The lowest BCUT2D eigenvalue weighted by Crippen LogP contribution is -2.15. The van der Waals surface area contributed by atoms with E-state index in [-0.39, 0.29) is 0 Å². The second kappa shape index (κ2) is 4.38. The number of hydrogen-bond donors (Lipinski definition) is 1. The predicted octanol–water partition coefficient (Wildman–Crippen LogP) is 2.09. The molecule has 1 aliphatic heterocycles. The topological polar surface area (TPSA) is 42.4 Å². The lowest BCUT2D eigenvalue weighted by Gasteiger charge is -2.19. The van der Waals surface area contributed by atoms with E-state index in [1.54, 1.807) is 18.3 Å². The highest BCUT2D eigenvalue weighted by Gasteiger charge is 2.19. The highest BCUT2D eigenvalue weighted by Crippen LogP contribution is 2.29. The maximum absolute atomic E-state index is 9.35. The summed E-state index contributed by atoms with van der Waals surface area (Å²) in [6.45, 7) is 3.41. The van der Waals surface area contributed by atoms with Gasteiger partial charge in [-0.25, -0.2) is 4.98 Å². The standard InChI is InChI=1S/C10H15NO2S/c1-7(12)9-6-14-10(11-9)8-3-2-4-13-5-8/h6-8,12H,2-5H2,1H3. The molecule has 0 aromatic carbocycles. The van der Waals surface area contributed by atoms with Gasteiger partial charge < -0.3 is 9.84 Å². The summed E-state index contributed by atoms with van der Waals surface area (Å²) in [6.07, 6.45) is 1.82. The maximum Gasteiger partial charge on any atom is 0.0983 e. The Hall–Kier alpha value is -0.450. The van der Waals surface area contributed by atoms with Gasteiger partial charge in [0.1, 0.15) is 0 Å². The first-order valence-corrected chi connectivity index (χ1v) is 5.86. The van der Waals surface area contributed by atoms with Gasteiger partial charge in [0.2, 0.25) is 0 Å². The molecule has 1 aromatic heterocycles. The SMILES string of the molecule is CC(O)c1csc(C2CCCOC2)n1. The van der Waals surface area contributed by atoms with Crippen LogP contribution in [0.5, 0.6) is 0 Å². The van der Waals surface area contributed by atoms with Crippen molar-refractivity contribution in [2.24, 2.45) is 0 Å². The Balaban J connectivity index is 2.07. The van der Waals surface area contributed by atoms with Gasteiger partial charge in [-0.1, -0.05) is 0 Å². The average Bonchev–Trinajstić information content (AvgIpc) is 2.68. The van der Waals surface area contributed by atoms with Crippen LogP contribution >= 0.6 is 11.3 Å². The molecular formula is C10H15NO2S. The molecule has 78 valence electrons. The van der Waals surface area contributed by atoms with Gasteiger partial charge in [-0.2, -0.15) is 0 Å². The minimum absolute atomic E-state index is 0.446.